The van der Waals surface area contributed by atoms with Crippen molar-refractivity contribution in [1.82, 2.24) is 14.4 Å². The van der Waals surface area contributed by atoms with Crippen molar-refractivity contribution in [2.75, 3.05) is 45.5 Å². The Morgan fingerprint density at radius 2 is 1.95 bits per heavy atom. The number of rotatable bonds is 3. The maximum absolute atomic E-state index is 11.9. The molecule has 0 atom stereocenters. The van der Waals surface area contributed by atoms with Crippen LogP contribution in [-0.2, 0) is 6.54 Å². The van der Waals surface area contributed by atoms with E-state index in [2.05, 4.69) is 16.8 Å². The molecule has 2 N–H and O–H groups in total. The minimum atomic E-state index is -0.306. The highest BCUT2D eigenvalue weighted by atomic mass is 16.4. The summed E-state index contributed by atoms with van der Waals surface area (Å²) in [5.41, 5.74) is 7.69. The van der Waals surface area contributed by atoms with Crippen molar-refractivity contribution in [3.63, 3.8) is 0 Å². The third-order valence-electron chi connectivity index (χ3n) is 3.93. The van der Waals surface area contributed by atoms with Crippen LogP contribution in [0.5, 0.6) is 0 Å². The van der Waals surface area contributed by atoms with E-state index in [-0.39, 0.29) is 5.76 Å². The number of nitrogens with zero attached hydrogens (tertiary/aromatic N) is 3. The van der Waals surface area contributed by atoms with Gasteiger partial charge in [0.25, 0.3) is 0 Å². The fraction of sp³-hybridized carbons (Fsp3) is 0.500. The molecule has 0 aliphatic carbocycles. The molecule has 1 aliphatic rings. The third kappa shape index (κ3) is 2.57. The highest BCUT2D eigenvalue weighted by molar-refractivity contribution is 5.76. The number of oxazole rings is 1. The zero-order valence-electron chi connectivity index (χ0n) is 11.7. The van der Waals surface area contributed by atoms with Gasteiger partial charge in [0.15, 0.2) is 5.58 Å². The van der Waals surface area contributed by atoms with Crippen LogP contribution in [0.2, 0.25) is 0 Å². The summed E-state index contributed by atoms with van der Waals surface area (Å²) in [5, 5.41) is 0. The molecule has 0 radical (unpaired) electrons. The third-order valence-corrected chi connectivity index (χ3v) is 3.93. The molecule has 6 nitrogen and oxygen atoms in total. The molecule has 20 heavy (non-hydrogen) atoms. The second-order valence-corrected chi connectivity index (χ2v) is 5.39. The monoisotopic (exact) mass is 276 g/mol. The van der Waals surface area contributed by atoms with Gasteiger partial charge in [-0.05, 0) is 19.2 Å². The zero-order chi connectivity index (χ0) is 14.1. The lowest BCUT2D eigenvalue weighted by Gasteiger charge is -2.32. The molecule has 0 spiro atoms. The van der Waals surface area contributed by atoms with Gasteiger partial charge in [0.2, 0.25) is 0 Å². The van der Waals surface area contributed by atoms with E-state index in [1.54, 1.807) is 16.7 Å². The van der Waals surface area contributed by atoms with Crippen molar-refractivity contribution in [3.05, 3.63) is 28.7 Å². The Morgan fingerprint density at radius 3 is 2.70 bits per heavy atom. The second kappa shape index (κ2) is 5.30. The van der Waals surface area contributed by atoms with Gasteiger partial charge >= 0.3 is 5.76 Å². The molecule has 3 rings (SSSR count). The first kappa shape index (κ1) is 13.2. The van der Waals surface area contributed by atoms with Crippen molar-refractivity contribution in [3.8, 4) is 0 Å². The van der Waals surface area contributed by atoms with E-state index >= 15 is 0 Å². The topological polar surface area (TPSA) is 67.6 Å². The second-order valence-electron chi connectivity index (χ2n) is 5.39. The number of likely N-dealkylation sites (N-methyl/N-ethyl adjacent to an activating group) is 1. The molecule has 0 unspecified atom stereocenters. The van der Waals surface area contributed by atoms with Gasteiger partial charge in [-0.15, -0.1) is 0 Å². The highest BCUT2D eigenvalue weighted by Gasteiger charge is 2.15. The predicted molar refractivity (Wildman–Crippen MR) is 78.8 cm³/mol. The molecule has 1 saturated heterocycles. The van der Waals surface area contributed by atoms with Crippen LogP contribution in [0.15, 0.2) is 27.4 Å². The molecule has 108 valence electrons. The number of nitrogen functional groups attached to an aromatic ring is 1. The lowest BCUT2D eigenvalue weighted by molar-refractivity contribution is 0.149. The number of benzene rings is 1. The maximum Gasteiger partial charge on any atom is 0.419 e. The number of aromatic nitrogens is 1. The van der Waals surface area contributed by atoms with Gasteiger partial charge in [0.05, 0.1) is 5.52 Å². The van der Waals surface area contributed by atoms with Crippen molar-refractivity contribution in [1.29, 1.82) is 0 Å². The number of nitrogens with two attached hydrogens (primary N) is 1. The lowest BCUT2D eigenvalue weighted by Crippen LogP contribution is -2.45. The number of hydrogen-bond donors (Lipinski definition) is 1. The summed E-state index contributed by atoms with van der Waals surface area (Å²) in [7, 11) is 2.13. The molecular formula is C14H20N4O2. The molecule has 0 saturated carbocycles. The van der Waals surface area contributed by atoms with E-state index < -0.39 is 0 Å². The zero-order valence-corrected chi connectivity index (χ0v) is 11.7. The molecule has 0 amide bonds. The van der Waals surface area contributed by atoms with Crippen LogP contribution < -0.4 is 11.5 Å². The van der Waals surface area contributed by atoms with Crippen LogP contribution in [0.1, 0.15) is 0 Å². The van der Waals surface area contributed by atoms with Crippen LogP contribution in [0, 0.1) is 0 Å². The fourth-order valence-corrected chi connectivity index (χ4v) is 2.61. The minimum Gasteiger partial charge on any atom is -0.408 e. The Kier molecular flexibility index (Phi) is 3.50. The van der Waals surface area contributed by atoms with Crippen molar-refractivity contribution in [2.45, 2.75) is 6.54 Å². The van der Waals surface area contributed by atoms with Gasteiger partial charge < -0.3 is 15.1 Å². The maximum atomic E-state index is 11.9. The standard InChI is InChI=1S/C14H20N4O2/c1-16-4-6-17(7-5-16)8-9-18-12-3-2-11(15)10-13(12)20-14(18)19/h2-3,10H,4-9,15H2,1H3. The van der Waals surface area contributed by atoms with Crippen LogP contribution in [0.4, 0.5) is 5.69 Å². The fourth-order valence-electron chi connectivity index (χ4n) is 2.61. The van der Waals surface area contributed by atoms with Gasteiger partial charge in [-0.3, -0.25) is 9.47 Å². The summed E-state index contributed by atoms with van der Waals surface area (Å²) < 4.78 is 6.93. The van der Waals surface area contributed by atoms with Crippen molar-refractivity contribution < 1.29 is 4.42 Å². The van der Waals surface area contributed by atoms with E-state index in [1.807, 2.05) is 6.07 Å². The Hall–Kier alpha value is -1.79. The average Bonchev–Trinajstić information content (AvgIpc) is 2.73. The van der Waals surface area contributed by atoms with E-state index in [4.69, 9.17) is 10.2 Å². The summed E-state index contributed by atoms with van der Waals surface area (Å²) in [4.78, 5) is 16.6. The first-order valence-electron chi connectivity index (χ1n) is 6.93. The van der Waals surface area contributed by atoms with Gasteiger partial charge in [0, 0.05) is 51.0 Å². The quantitative estimate of drug-likeness (QED) is 0.823. The molecule has 1 aliphatic heterocycles. The molecule has 1 aromatic carbocycles. The van der Waals surface area contributed by atoms with E-state index in [0.29, 0.717) is 17.8 Å². The van der Waals surface area contributed by atoms with Gasteiger partial charge in [-0.1, -0.05) is 0 Å². The Balaban J connectivity index is 1.74. The average molecular weight is 276 g/mol. The van der Waals surface area contributed by atoms with E-state index in [9.17, 15) is 4.79 Å². The molecule has 1 fully saturated rings. The molecule has 6 heteroatoms. The number of fused-ring (bicyclic) bond motifs is 1. The molecule has 0 bridgehead atoms. The predicted octanol–water partition coefficient (Wildman–Crippen LogP) is 0.424. The Labute approximate surface area is 117 Å². The largest absolute Gasteiger partial charge is 0.419 e. The molecule has 2 heterocycles. The van der Waals surface area contributed by atoms with Crippen LogP contribution in [0.3, 0.4) is 0 Å². The van der Waals surface area contributed by atoms with Gasteiger partial charge in [-0.25, -0.2) is 4.79 Å². The van der Waals surface area contributed by atoms with Gasteiger partial charge in [0.1, 0.15) is 0 Å². The Morgan fingerprint density at radius 1 is 1.20 bits per heavy atom. The van der Waals surface area contributed by atoms with Crippen LogP contribution in [-0.4, -0.2) is 54.1 Å². The summed E-state index contributed by atoms with van der Waals surface area (Å²) in [5.74, 6) is -0.306. The normalized spacial score (nSPS) is 17.9. The first-order chi connectivity index (χ1) is 9.63. The smallest absolute Gasteiger partial charge is 0.408 e. The highest BCUT2D eigenvalue weighted by Crippen LogP contribution is 2.16. The summed E-state index contributed by atoms with van der Waals surface area (Å²) in [6.07, 6.45) is 0. The van der Waals surface area contributed by atoms with E-state index in [1.165, 1.54) is 0 Å². The van der Waals surface area contributed by atoms with Gasteiger partial charge in [-0.2, -0.15) is 0 Å². The first-order valence-corrected chi connectivity index (χ1v) is 6.93. The lowest BCUT2D eigenvalue weighted by atomic mass is 10.3. The van der Waals surface area contributed by atoms with Crippen LogP contribution >= 0.6 is 0 Å². The van der Waals surface area contributed by atoms with Crippen LogP contribution in [0.25, 0.3) is 11.1 Å². The number of anilines is 1. The summed E-state index contributed by atoms with van der Waals surface area (Å²) in [6, 6.07) is 5.34. The Bertz CT molecular complexity index is 653. The minimum absolute atomic E-state index is 0.306. The molecular weight excluding hydrogens is 256 g/mol. The van der Waals surface area contributed by atoms with Crippen molar-refractivity contribution in [2.24, 2.45) is 0 Å². The summed E-state index contributed by atoms with van der Waals surface area (Å²) in [6.45, 7) is 5.78. The summed E-state index contributed by atoms with van der Waals surface area (Å²) >= 11 is 0. The van der Waals surface area contributed by atoms with Crippen molar-refractivity contribution >= 4 is 16.8 Å². The SMILES string of the molecule is CN1CCN(CCn2c(=O)oc3cc(N)ccc32)CC1. The molecule has 2 aromatic rings. The number of piperazine rings is 1. The van der Waals surface area contributed by atoms with E-state index in [0.717, 1.165) is 38.2 Å². The molecule has 1 aromatic heterocycles. The number of hydrogen-bond acceptors (Lipinski definition) is 5.